The number of amides is 1. The van der Waals surface area contributed by atoms with Crippen LogP contribution in [0.4, 0.5) is 16.4 Å². The first-order valence-electron chi connectivity index (χ1n) is 11.3. The van der Waals surface area contributed by atoms with E-state index in [0.717, 1.165) is 54.2 Å². The molecular formula is C23H24N8O3. The molecule has 3 aromatic rings. The van der Waals surface area contributed by atoms with Crippen LogP contribution in [0.15, 0.2) is 58.6 Å². The van der Waals surface area contributed by atoms with E-state index in [4.69, 9.17) is 4.74 Å². The van der Waals surface area contributed by atoms with Crippen molar-refractivity contribution in [3.05, 3.63) is 64.3 Å². The van der Waals surface area contributed by atoms with Gasteiger partial charge in [-0.25, -0.2) is 24.5 Å². The van der Waals surface area contributed by atoms with Crippen LogP contribution in [0.2, 0.25) is 0 Å². The van der Waals surface area contributed by atoms with Gasteiger partial charge in [0.05, 0.1) is 11.2 Å². The zero-order valence-electron chi connectivity index (χ0n) is 18.6. The summed E-state index contributed by atoms with van der Waals surface area (Å²) in [6, 6.07) is 5.82. The number of aromatic amines is 1. The van der Waals surface area contributed by atoms with Gasteiger partial charge in [-0.15, -0.1) is 0 Å². The normalized spacial score (nSPS) is 20.7. The number of pyridine rings is 1. The molecule has 0 aromatic carbocycles. The molecule has 1 amide bonds. The molecule has 1 unspecified atom stereocenters. The maximum absolute atomic E-state index is 12.5. The van der Waals surface area contributed by atoms with E-state index < -0.39 is 6.09 Å². The largest absolute Gasteiger partial charge is 0.439 e. The number of aromatic nitrogens is 5. The van der Waals surface area contributed by atoms with Crippen LogP contribution in [0.3, 0.4) is 0 Å². The lowest BCUT2D eigenvalue weighted by Gasteiger charge is -2.33. The molecule has 1 aliphatic carbocycles. The summed E-state index contributed by atoms with van der Waals surface area (Å²) in [6.07, 6.45) is 6.75. The lowest BCUT2D eigenvalue weighted by molar-refractivity contribution is 0.144. The second kappa shape index (κ2) is 8.01. The highest BCUT2D eigenvalue weighted by Gasteiger charge is 2.33. The third-order valence-corrected chi connectivity index (χ3v) is 6.61. The number of H-pyrrole nitrogens is 1. The molecule has 3 aliphatic rings. The van der Waals surface area contributed by atoms with Gasteiger partial charge in [0.25, 0.3) is 0 Å². The number of hydrogen-bond acceptors (Lipinski definition) is 8. The maximum Gasteiger partial charge on any atom is 0.412 e. The van der Waals surface area contributed by atoms with E-state index in [0.29, 0.717) is 17.9 Å². The van der Waals surface area contributed by atoms with Gasteiger partial charge in [-0.1, -0.05) is 0 Å². The average molecular weight is 460 g/mol. The van der Waals surface area contributed by atoms with Crippen molar-refractivity contribution in [3.8, 4) is 0 Å². The predicted octanol–water partition coefficient (Wildman–Crippen LogP) is 2.44. The molecular weight excluding hydrogens is 436 g/mol. The highest BCUT2D eigenvalue weighted by atomic mass is 16.6. The molecule has 1 atom stereocenters. The summed E-state index contributed by atoms with van der Waals surface area (Å²) in [7, 11) is 0. The maximum atomic E-state index is 12.5. The molecule has 11 nitrogen and oxygen atoms in total. The van der Waals surface area contributed by atoms with Crippen LogP contribution in [0.5, 0.6) is 0 Å². The average Bonchev–Trinajstić information content (AvgIpc) is 3.38. The first-order chi connectivity index (χ1) is 16.5. The van der Waals surface area contributed by atoms with Crippen molar-refractivity contribution in [2.24, 2.45) is 0 Å². The topological polar surface area (TPSA) is 130 Å². The minimum absolute atomic E-state index is 0.111. The van der Waals surface area contributed by atoms with Crippen LogP contribution in [0.25, 0.3) is 11.2 Å². The molecule has 0 bridgehead atoms. The number of alkyl carbamates (subject to hydrolysis) is 1. The quantitative estimate of drug-likeness (QED) is 0.541. The molecule has 2 aliphatic heterocycles. The van der Waals surface area contributed by atoms with Gasteiger partial charge < -0.3 is 15.0 Å². The van der Waals surface area contributed by atoms with Crippen LogP contribution >= 0.6 is 0 Å². The van der Waals surface area contributed by atoms with Gasteiger partial charge >= 0.3 is 11.8 Å². The Kier molecular flexibility index (Phi) is 4.82. The highest BCUT2D eigenvalue weighted by Crippen LogP contribution is 2.31. The van der Waals surface area contributed by atoms with Crippen molar-refractivity contribution in [3.63, 3.8) is 0 Å². The highest BCUT2D eigenvalue weighted by molar-refractivity contribution is 5.74. The van der Waals surface area contributed by atoms with E-state index in [9.17, 15) is 9.59 Å². The van der Waals surface area contributed by atoms with Crippen molar-refractivity contribution in [1.29, 1.82) is 0 Å². The van der Waals surface area contributed by atoms with E-state index in [1.165, 1.54) is 0 Å². The van der Waals surface area contributed by atoms with Crippen LogP contribution in [0.1, 0.15) is 32.2 Å². The predicted molar refractivity (Wildman–Crippen MR) is 125 cm³/mol. The Hall–Kier alpha value is -4.15. The number of hydrogen-bond donors (Lipinski definition) is 3. The number of allylic oxidation sites excluding steroid dienone is 2. The van der Waals surface area contributed by atoms with Gasteiger partial charge in [-0.3, -0.25) is 14.9 Å². The lowest BCUT2D eigenvalue weighted by atomic mass is 9.99. The van der Waals surface area contributed by atoms with Gasteiger partial charge in [0, 0.05) is 43.5 Å². The Morgan fingerprint density at radius 1 is 1.18 bits per heavy atom. The van der Waals surface area contributed by atoms with Gasteiger partial charge in [0.1, 0.15) is 24.1 Å². The van der Waals surface area contributed by atoms with Gasteiger partial charge in [-0.05, 0) is 43.5 Å². The molecule has 0 saturated carbocycles. The number of nitrogens with one attached hydrogen (secondary N) is 3. The summed E-state index contributed by atoms with van der Waals surface area (Å²) in [5.41, 5.74) is 4.07. The number of ether oxygens (including phenoxy) is 1. The molecule has 11 heteroatoms. The summed E-state index contributed by atoms with van der Waals surface area (Å²) in [5.74, 6) is 1.52. The van der Waals surface area contributed by atoms with Crippen molar-refractivity contribution < 1.29 is 9.53 Å². The molecule has 2 fully saturated rings. The Bertz CT molecular complexity index is 1400. The lowest BCUT2D eigenvalue weighted by Crippen LogP contribution is -2.37. The SMILES string of the molecule is CC1=C2NC(=O)OC2CC(Nc2cc(N3CCC(n4c(=O)[nH]c5ncccc54)CC3)ncn2)=C1. The van der Waals surface area contributed by atoms with Crippen molar-refractivity contribution in [2.45, 2.75) is 38.3 Å². The monoisotopic (exact) mass is 460 g/mol. The zero-order valence-corrected chi connectivity index (χ0v) is 18.6. The first kappa shape index (κ1) is 20.5. The van der Waals surface area contributed by atoms with E-state index in [1.807, 2.05) is 35.8 Å². The van der Waals surface area contributed by atoms with Crippen LogP contribution < -0.4 is 21.2 Å². The van der Waals surface area contributed by atoms with Gasteiger partial charge in [-0.2, -0.15) is 0 Å². The number of rotatable bonds is 4. The van der Waals surface area contributed by atoms with Gasteiger partial charge in [0.15, 0.2) is 5.65 Å². The summed E-state index contributed by atoms with van der Waals surface area (Å²) < 4.78 is 7.17. The summed E-state index contributed by atoms with van der Waals surface area (Å²) in [5, 5.41) is 6.11. The van der Waals surface area contributed by atoms with Crippen LogP contribution in [0, 0.1) is 0 Å². The molecule has 2 saturated heterocycles. The number of imidazole rings is 1. The van der Waals surface area contributed by atoms with E-state index >= 15 is 0 Å². The van der Waals surface area contributed by atoms with E-state index in [-0.39, 0.29) is 17.8 Å². The first-order valence-corrected chi connectivity index (χ1v) is 11.3. The second-order valence-corrected chi connectivity index (χ2v) is 8.77. The Morgan fingerprint density at radius 2 is 2.03 bits per heavy atom. The minimum Gasteiger partial charge on any atom is -0.439 e. The van der Waals surface area contributed by atoms with Crippen molar-refractivity contribution in [2.75, 3.05) is 23.3 Å². The Balaban J connectivity index is 1.15. The molecule has 34 heavy (non-hydrogen) atoms. The van der Waals surface area contributed by atoms with E-state index in [2.05, 4.69) is 35.5 Å². The fourth-order valence-corrected chi connectivity index (χ4v) is 5.02. The van der Waals surface area contributed by atoms with Crippen LogP contribution in [-0.2, 0) is 4.74 Å². The third kappa shape index (κ3) is 3.58. The third-order valence-electron chi connectivity index (χ3n) is 6.61. The number of piperidine rings is 1. The number of nitrogens with zero attached hydrogens (tertiary/aromatic N) is 5. The molecule has 3 aromatic heterocycles. The standard InChI is InChI=1S/C23H24N8O3/c1-13-9-14(10-17-20(13)28-23(33)34-17)27-18-11-19(26-12-25-18)30-7-4-15(5-8-30)31-16-3-2-6-24-21(16)29-22(31)32/h2-3,6,9,11-12,15,17H,4-5,7-8,10H2,1H3,(H,28,33)(H,24,29,32)(H,25,26,27). The molecule has 174 valence electrons. The number of carbonyl (C=O) groups is 1. The molecule has 6 rings (SSSR count). The summed E-state index contributed by atoms with van der Waals surface area (Å²) >= 11 is 0. The number of fused-ring (bicyclic) bond motifs is 2. The van der Waals surface area contributed by atoms with Crippen molar-refractivity contribution >= 4 is 28.9 Å². The Labute approximate surface area is 194 Å². The molecule has 5 heterocycles. The fraction of sp³-hybridized carbons (Fsp3) is 0.348. The number of carbonyl (C=O) groups excluding carboxylic acids is 1. The Morgan fingerprint density at radius 3 is 2.88 bits per heavy atom. The second-order valence-electron chi connectivity index (χ2n) is 8.77. The van der Waals surface area contributed by atoms with Crippen molar-refractivity contribution in [1.82, 2.24) is 29.8 Å². The summed E-state index contributed by atoms with van der Waals surface area (Å²) in [6.45, 7) is 3.50. The van der Waals surface area contributed by atoms with E-state index in [1.54, 1.807) is 12.5 Å². The summed E-state index contributed by atoms with van der Waals surface area (Å²) in [4.78, 5) is 42.2. The molecule has 0 radical (unpaired) electrons. The van der Waals surface area contributed by atoms with Crippen LogP contribution in [-0.4, -0.2) is 49.8 Å². The fourth-order valence-electron chi connectivity index (χ4n) is 5.02. The van der Waals surface area contributed by atoms with Gasteiger partial charge in [0.2, 0.25) is 0 Å². The number of anilines is 2. The molecule has 3 N–H and O–H groups in total. The minimum atomic E-state index is -0.409. The smallest absolute Gasteiger partial charge is 0.412 e. The zero-order chi connectivity index (χ0) is 23.2. The molecule has 0 spiro atoms.